The minimum Gasteiger partial charge on any atom is -0.394 e. The molecule has 1 saturated heterocycles. The molecule has 136 valence electrons. The second-order valence-corrected chi connectivity index (χ2v) is 6.52. The molecule has 0 bridgehead atoms. The molecule has 1 saturated carbocycles. The Hall–Kier alpha value is -1.85. The molecular formula is C15H21N5O5. The van der Waals surface area contributed by atoms with Crippen LogP contribution in [0.15, 0.2) is 12.7 Å². The third-order valence-electron chi connectivity index (χ3n) is 4.95. The number of aliphatic hydroxyl groups excluding tert-OH is 4. The van der Waals surface area contributed by atoms with E-state index >= 15 is 0 Å². The van der Waals surface area contributed by atoms with Gasteiger partial charge in [-0.3, -0.25) is 4.57 Å². The number of fused-ring (bicyclic) bond motifs is 1. The standard InChI is InChI=1S/C15H21N5O5/c21-4-9-11(23)12(24)15(25-9)20-6-18-10-13(16-5-17-14(10)20)19-7-2-1-3-8(7)22/h5-9,11-12,15,21-24H,1-4H2,(H,16,17,19)/t7-,8-,9-,11-,12-,15-/m1/s1. The van der Waals surface area contributed by atoms with Crippen molar-refractivity contribution >= 4 is 17.0 Å². The van der Waals surface area contributed by atoms with Gasteiger partial charge in [0.15, 0.2) is 23.2 Å². The summed E-state index contributed by atoms with van der Waals surface area (Å²) in [6.07, 6.45) is 0.768. The van der Waals surface area contributed by atoms with E-state index in [4.69, 9.17) is 4.74 Å². The highest BCUT2D eigenvalue weighted by atomic mass is 16.6. The van der Waals surface area contributed by atoms with E-state index in [0.29, 0.717) is 17.0 Å². The minimum atomic E-state index is -1.21. The minimum absolute atomic E-state index is 0.0860. The lowest BCUT2D eigenvalue weighted by molar-refractivity contribution is -0.0511. The third kappa shape index (κ3) is 2.75. The predicted octanol–water partition coefficient (Wildman–Crippen LogP) is -1.24. The molecule has 4 rings (SSSR count). The van der Waals surface area contributed by atoms with Crippen LogP contribution in [0.25, 0.3) is 11.2 Å². The maximum absolute atomic E-state index is 10.2. The van der Waals surface area contributed by atoms with Gasteiger partial charge in [0.25, 0.3) is 0 Å². The molecule has 6 atom stereocenters. The van der Waals surface area contributed by atoms with E-state index in [1.807, 2.05) is 0 Å². The van der Waals surface area contributed by atoms with E-state index in [1.165, 1.54) is 17.2 Å². The van der Waals surface area contributed by atoms with E-state index in [1.54, 1.807) is 0 Å². The molecule has 10 heteroatoms. The van der Waals surface area contributed by atoms with Crippen molar-refractivity contribution in [3.05, 3.63) is 12.7 Å². The first-order valence-corrected chi connectivity index (χ1v) is 8.34. The van der Waals surface area contributed by atoms with Crippen LogP contribution in [0.4, 0.5) is 5.82 Å². The zero-order chi connectivity index (χ0) is 17.6. The van der Waals surface area contributed by atoms with Crippen LogP contribution >= 0.6 is 0 Å². The summed E-state index contributed by atoms with van der Waals surface area (Å²) in [6.45, 7) is -0.400. The Bertz CT molecular complexity index is 755. The number of anilines is 1. The zero-order valence-electron chi connectivity index (χ0n) is 13.4. The van der Waals surface area contributed by atoms with Crippen LogP contribution < -0.4 is 5.32 Å². The number of nitrogens with zero attached hydrogens (tertiary/aromatic N) is 4. The SMILES string of the molecule is OC[C@H]1O[C@@H](n2cnc3c(N[C@@H]4CCC[C@H]4O)ncnc32)[C@H](O)[C@@H]1O. The van der Waals surface area contributed by atoms with Gasteiger partial charge < -0.3 is 30.5 Å². The lowest BCUT2D eigenvalue weighted by atomic mass is 10.1. The van der Waals surface area contributed by atoms with Gasteiger partial charge in [-0.2, -0.15) is 0 Å². The van der Waals surface area contributed by atoms with E-state index in [-0.39, 0.29) is 6.04 Å². The van der Waals surface area contributed by atoms with Crippen molar-refractivity contribution in [3.8, 4) is 0 Å². The van der Waals surface area contributed by atoms with Gasteiger partial charge in [0.2, 0.25) is 0 Å². The van der Waals surface area contributed by atoms with Crippen molar-refractivity contribution in [2.24, 2.45) is 0 Å². The van der Waals surface area contributed by atoms with Crippen LogP contribution in [-0.4, -0.2) is 77.0 Å². The van der Waals surface area contributed by atoms with Crippen LogP contribution in [0.2, 0.25) is 0 Å². The molecule has 2 aromatic heterocycles. The van der Waals surface area contributed by atoms with Gasteiger partial charge in [-0.15, -0.1) is 0 Å². The Morgan fingerprint density at radius 3 is 2.68 bits per heavy atom. The molecule has 2 aliphatic rings. The summed E-state index contributed by atoms with van der Waals surface area (Å²) in [5.74, 6) is 0.501. The number of nitrogens with one attached hydrogen (secondary N) is 1. The predicted molar refractivity (Wildman–Crippen MR) is 85.6 cm³/mol. The van der Waals surface area contributed by atoms with E-state index in [0.717, 1.165) is 19.3 Å². The lowest BCUT2D eigenvalue weighted by Crippen LogP contribution is -2.33. The second-order valence-electron chi connectivity index (χ2n) is 6.52. The van der Waals surface area contributed by atoms with Crippen molar-refractivity contribution in [2.45, 2.75) is 55.9 Å². The molecular weight excluding hydrogens is 330 g/mol. The van der Waals surface area contributed by atoms with Crippen LogP contribution in [-0.2, 0) is 4.74 Å². The molecule has 10 nitrogen and oxygen atoms in total. The molecule has 1 aliphatic heterocycles. The fourth-order valence-electron chi connectivity index (χ4n) is 3.54. The van der Waals surface area contributed by atoms with E-state index in [2.05, 4.69) is 20.3 Å². The van der Waals surface area contributed by atoms with Crippen molar-refractivity contribution in [1.82, 2.24) is 19.5 Å². The Labute approximate surface area is 143 Å². The average Bonchev–Trinajstić information content (AvgIpc) is 3.29. The summed E-state index contributed by atoms with van der Waals surface area (Å²) in [4.78, 5) is 12.7. The highest BCUT2D eigenvalue weighted by molar-refractivity contribution is 5.82. The van der Waals surface area contributed by atoms with Crippen LogP contribution in [0.5, 0.6) is 0 Å². The summed E-state index contributed by atoms with van der Waals surface area (Å²) in [5, 5.41) is 42.6. The second kappa shape index (κ2) is 6.46. The Morgan fingerprint density at radius 1 is 1.16 bits per heavy atom. The van der Waals surface area contributed by atoms with E-state index in [9.17, 15) is 20.4 Å². The molecule has 2 fully saturated rings. The molecule has 0 amide bonds. The van der Waals surface area contributed by atoms with E-state index < -0.39 is 37.3 Å². The number of hydrogen-bond acceptors (Lipinski definition) is 9. The largest absolute Gasteiger partial charge is 0.394 e. The van der Waals surface area contributed by atoms with Gasteiger partial charge >= 0.3 is 0 Å². The fourth-order valence-corrected chi connectivity index (χ4v) is 3.54. The molecule has 0 aromatic carbocycles. The summed E-state index contributed by atoms with van der Waals surface area (Å²) in [7, 11) is 0. The van der Waals surface area contributed by atoms with Gasteiger partial charge in [0, 0.05) is 0 Å². The molecule has 0 unspecified atom stereocenters. The first-order chi connectivity index (χ1) is 12.1. The van der Waals surface area contributed by atoms with Crippen molar-refractivity contribution in [2.75, 3.05) is 11.9 Å². The molecule has 25 heavy (non-hydrogen) atoms. The quantitative estimate of drug-likeness (QED) is 0.456. The normalized spacial score (nSPS) is 35.5. The average molecular weight is 351 g/mol. The summed E-state index contributed by atoms with van der Waals surface area (Å²) in [6, 6.07) is -0.0860. The van der Waals surface area contributed by atoms with Crippen LogP contribution in [0.3, 0.4) is 0 Å². The van der Waals surface area contributed by atoms with Crippen LogP contribution in [0, 0.1) is 0 Å². The summed E-state index contributed by atoms with van der Waals surface area (Å²) >= 11 is 0. The number of ether oxygens (including phenoxy) is 1. The smallest absolute Gasteiger partial charge is 0.167 e. The Morgan fingerprint density at radius 2 is 2.00 bits per heavy atom. The maximum Gasteiger partial charge on any atom is 0.167 e. The number of hydrogen-bond donors (Lipinski definition) is 5. The van der Waals surface area contributed by atoms with Crippen molar-refractivity contribution in [3.63, 3.8) is 0 Å². The molecule has 2 aromatic rings. The number of aromatic nitrogens is 4. The fraction of sp³-hybridized carbons (Fsp3) is 0.667. The van der Waals surface area contributed by atoms with Crippen molar-refractivity contribution < 1.29 is 25.2 Å². The van der Waals surface area contributed by atoms with Crippen LogP contribution in [0.1, 0.15) is 25.5 Å². The maximum atomic E-state index is 10.2. The summed E-state index contributed by atoms with van der Waals surface area (Å²) < 4.78 is 7.04. The Balaban J connectivity index is 1.65. The summed E-state index contributed by atoms with van der Waals surface area (Å²) in [5.41, 5.74) is 0.916. The third-order valence-corrected chi connectivity index (χ3v) is 4.95. The van der Waals surface area contributed by atoms with Crippen molar-refractivity contribution in [1.29, 1.82) is 0 Å². The van der Waals surface area contributed by atoms with Gasteiger partial charge in [0.05, 0.1) is 25.1 Å². The number of aliphatic hydroxyl groups is 4. The van der Waals surface area contributed by atoms with Gasteiger partial charge in [0.1, 0.15) is 24.6 Å². The molecule has 1 aliphatic carbocycles. The Kier molecular flexibility index (Phi) is 4.29. The number of imidazole rings is 1. The monoisotopic (exact) mass is 351 g/mol. The molecule has 5 N–H and O–H groups in total. The number of rotatable bonds is 4. The topological polar surface area (TPSA) is 146 Å². The lowest BCUT2D eigenvalue weighted by Gasteiger charge is -2.18. The highest BCUT2D eigenvalue weighted by Crippen LogP contribution is 2.32. The first kappa shape index (κ1) is 16.6. The highest BCUT2D eigenvalue weighted by Gasteiger charge is 2.44. The van der Waals surface area contributed by atoms with Gasteiger partial charge in [-0.05, 0) is 19.3 Å². The first-order valence-electron chi connectivity index (χ1n) is 8.34. The van der Waals surface area contributed by atoms with Gasteiger partial charge in [-0.25, -0.2) is 15.0 Å². The zero-order valence-corrected chi connectivity index (χ0v) is 13.4. The molecule has 0 radical (unpaired) electrons. The molecule has 0 spiro atoms. The van der Waals surface area contributed by atoms with Gasteiger partial charge in [-0.1, -0.05) is 0 Å². The molecule has 3 heterocycles.